The van der Waals surface area contributed by atoms with Crippen LogP contribution in [-0.2, 0) is 28.8 Å². The van der Waals surface area contributed by atoms with Gasteiger partial charge in [0.2, 0.25) is 0 Å². The number of carboxylic acids is 1. The maximum atomic E-state index is 13.1. The quantitative estimate of drug-likeness (QED) is 0.248. The number of hydrogen-bond donors (Lipinski definition) is 1. The zero-order valence-electron chi connectivity index (χ0n) is 20.5. The number of nitrogens with zero attached hydrogens (tertiary/aromatic N) is 1. The number of carboxylic acid groups (broad SMARTS) is 1. The molecule has 0 saturated carbocycles. The molecule has 1 N–H and O–H groups in total. The molecule has 0 fully saturated rings. The molecule has 0 aliphatic carbocycles. The normalized spacial score (nSPS) is 10.8. The lowest BCUT2D eigenvalue weighted by atomic mass is 10.1. The Balaban J connectivity index is 1.77. The summed E-state index contributed by atoms with van der Waals surface area (Å²) in [5.74, 6) is -1.11. The van der Waals surface area contributed by atoms with E-state index >= 15 is 0 Å². The molecule has 4 aromatic rings. The molecule has 4 rings (SSSR count). The minimum atomic E-state index is -0.777. The van der Waals surface area contributed by atoms with Crippen molar-refractivity contribution in [3.8, 4) is 16.9 Å². The van der Waals surface area contributed by atoms with Gasteiger partial charge in [-0.1, -0.05) is 72.8 Å². The fourth-order valence-corrected chi connectivity index (χ4v) is 4.46. The van der Waals surface area contributed by atoms with E-state index in [1.54, 1.807) is 0 Å². The minimum Gasteiger partial charge on any atom is -0.481 e. The van der Waals surface area contributed by atoms with Crippen molar-refractivity contribution in [3.05, 3.63) is 113 Å². The highest BCUT2D eigenvalue weighted by Crippen LogP contribution is 2.32. The third-order valence-corrected chi connectivity index (χ3v) is 6.18. The van der Waals surface area contributed by atoms with Crippen LogP contribution >= 0.6 is 0 Å². The fourth-order valence-electron chi connectivity index (χ4n) is 4.46. The van der Waals surface area contributed by atoms with E-state index in [2.05, 4.69) is 16.7 Å². The molecule has 36 heavy (non-hydrogen) atoms. The molecule has 0 saturated heterocycles. The number of aliphatic carboxylic acids is 1. The molecule has 0 atom stereocenters. The highest BCUT2D eigenvalue weighted by Gasteiger charge is 2.23. The van der Waals surface area contributed by atoms with E-state index in [1.807, 2.05) is 85.8 Å². The van der Waals surface area contributed by atoms with E-state index < -0.39 is 5.97 Å². The summed E-state index contributed by atoms with van der Waals surface area (Å²) < 4.78 is 7.60. The smallest absolute Gasteiger partial charge is 0.340 e. The van der Waals surface area contributed by atoms with E-state index in [1.165, 1.54) is 5.56 Å². The average Bonchev–Trinajstić information content (AvgIpc) is 3.29. The van der Waals surface area contributed by atoms with Gasteiger partial charge in [0.1, 0.15) is 0 Å². The molecule has 0 unspecified atom stereocenters. The van der Waals surface area contributed by atoms with Gasteiger partial charge < -0.3 is 14.4 Å². The number of hydrogen-bond acceptors (Lipinski definition) is 3. The first-order valence-electron chi connectivity index (χ1n) is 12.4. The molecular formula is C31H31NO4. The minimum absolute atomic E-state index is 0.157. The number of benzene rings is 3. The van der Waals surface area contributed by atoms with E-state index in [-0.39, 0.29) is 12.4 Å². The van der Waals surface area contributed by atoms with Crippen LogP contribution in [0.15, 0.2) is 91.0 Å². The summed E-state index contributed by atoms with van der Waals surface area (Å²) in [5.41, 5.74) is 6.61. The first-order chi connectivity index (χ1) is 17.6. The lowest BCUT2D eigenvalue weighted by Crippen LogP contribution is -2.07. The SMILES string of the molecule is CCOC(=O)c1cc(CCc2ccccc2)n(-c2ccc(CCCC(=O)O)cc2)c1-c1ccccc1. The highest BCUT2D eigenvalue weighted by atomic mass is 16.5. The second-order valence-corrected chi connectivity index (χ2v) is 8.72. The van der Waals surface area contributed by atoms with Crippen LogP contribution in [0.5, 0.6) is 0 Å². The Morgan fingerprint density at radius 1 is 0.806 bits per heavy atom. The van der Waals surface area contributed by atoms with Crippen molar-refractivity contribution in [1.82, 2.24) is 4.57 Å². The molecule has 0 bridgehead atoms. The first kappa shape index (κ1) is 25.0. The van der Waals surface area contributed by atoms with Gasteiger partial charge in [-0.25, -0.2) is 4.79 Å². The summed E-state index contributed by atoms with van der Waals surface area (Å²) in [6.45, 7) is 2.12. The molecule has 184 valence electrons. The molecule has 0 spiro atoms. The lowest BCUT2D eigenvalue weighted by Gasteiger charge is -2.16. The fraction of sp³-hybridized carbons (Fsp3) is 0.226. The van der Waals surface area contributed by atoms with Gasteiger partial charge in [-0.15, -0.1) is 0 Å². The van der Waals surface area contributed by atoms with Crippen LogP contribution < -0.4 is 0 Å². The van der Waals surface area contributed by atoms with Gasteiger partial charge in [-0.2, -0.15) is 0 Å². The number of rotatable bonds is 11. The summed E-state index contributed by atoms with van der Waals surface area (Å²) in [6.07, 6.45) is 3.06. The molecule has 0 amide bonds. The molecule has 3 aromatic carbocycles. The summed E-state index contributed by atoms with van der Waals surface area (Å²) in [4.78, 5) is 23.9. The molecule has 5 nitrogen and oxygen atoms in total. The van der Waals surface area contributed by atoms with Crippen molar-refractivity contribution in [2.75, 3.05) is 6.61 Å². The van der Waals surface area contributed by atoms with Crippen LogP contribution in [0.2, 0.25) is 0 Å². The maximum Gasteiger partial charge on any atom is 0.340 e. The number of carbonyl (C=O) groups is 2. The lowest BCUT2D eigenvalue weighted by molar-refractivity contribution is -0.137. The van der Waals surface area contributed by atoms with Gasteiger partial charge in [0, 0.05) is 17.8 Å². The average molecular weight is 482 g/mol. The second kappa shape index (κ2) is 12.0. The molecule has 0 aliphatic heterocycles. The van der Waals surface area contributed by atoms with Crippen LogP contribution in [-0.4, -0.2) is 28.2 Å². The third kappa shape index (κ3) is 6.11. The van der Waals surface area contributed by atoms with Gasteiger partial charge in [-0.3, -0.25) is 4.79 Å². The van der Waals surface area contributed by atoms with Gasteiger partial charge in [0.25, 0.3) is 0 Å². The largest absolute Gasteiger partial charge is 0.481 e. The molecule has 0 radical (unpaired) electrons. The van der Waals surface area contributed by atoms with Gasteiger partial charge in [-0.05, 0) is 67.5 Å². The molecular weight excluding hydrogens is 450 g/mol. The molecule has 5 heteroatoms. The molecule has 0 aliphatic rings. The molecule has 1 aromatic heterocycles. The summed E-state index contributed by atoms with van der Waals surface area (Å²) in [5, 5.41) is 8.93. The van der Waals surface area contributed by atoms with Crippen LogP contribution in [0.1, 0.15) is 46.9 Å². The Bertz CT molecular complexity index is 1290. The standard InChI is InChI=1S/C31H31NO4/c1-2-36-31(35)28-22-27(21-18-23-10-5-3-6-11-23)32(30(28)25-13-7-4-8-14-25)26-19-16-24(17-20-26)12-9-15-29(33)34/h3-8,10-11,13-14,16-17,19-20,22H,2,9,12,15,18,21H2,1H3,(H,33,34). The Labute approximate surface area is 212 Å². The summed E-state index contributed by atoms with van der Waals surface area (Å²) >= 11 is 0. The predicted octanol–water partition coefficient (Wildman–Crippen LogP) is 6.51. The van der Waals surface area contributed by atoms with Crippen molar-refractivity contribution in [1.29, 1.82) is 0 Å². The zero-order valence-corrected chi connectivity index (χ0v) is 20.5. The number of ether oxygens (including phenoxy) is 1. The number of aromatic nitrogens is 1. The van der Waals surface area contributed by atoms with Crippen molar-refractivity contribution in [2.24, 2.45) is 0 Å². The van der Waals surface area contributed by atoms with Crippen LogP contribution in [0, 0.1) is 0 Å². The molecule has 1 heterocycles. The third-order valence-electron chi connectivity index (χ3n) is 6.18. The Kier molecular flexibility index (Phi) is 8.35. The number of carbonyl (C=O) groups excluding carboxylic acids is 1. The van der Waals surface area contributed by atoms with E-state index in [4.69, 9.17) is 9.84 Å². The van der Waals surface area contributed by atoms with Crippen LogP contribution in [0.4, 0.5) is 0 Å². The van der Waals surface area contributed by atoms with E-state index in [0.29, 0.717) is 25.0 Å². The Hall–Kier alpha value is -4.12. The van der Waals surface area contributed by atoms with E-state index in [9.17, 15) is 9.59 Å². The number of esters is 1. The monoisotopic (exact) mass is 481 g/mol. The highest BCUT2D eigenvalue weighted by molar-refractivity contribution is 5.97. The van der Waals surface area contributed by atoms with Crippen molar-refractivity contribution in [3.63, 3.8) is 0 Å². The van der Waals surface area contributed by atoms with Gasteiger partial charge in [0.05, 0.1) is 17.9 Å². The van der Waals surface area contributed by atoms with Crippen molar-refractivity contribution >= 4 is 11.9 Å². The summed E-state index contributed by atoms with van der Waals surface area (Å²) in [7, 11) is 0. The van der Waals surface area contributed by atoms with Crippen molar-refractivity contribution in [2.45, 2.75) is 39.0 Å². The first-order valence-corrected chi connectivity index (χ1v) is 12.4. The maximum absolute atomic E-state index is 13.1. The zero-order chi connectivity index (χ0) is 25.3. The van der Waals surface area contributed by atoms with Gasteiger partial charge in [0.15, 0.2) is 0 Å². The van der Waals surface area contributed by atoms with Crippen LogP contribution in [0.25, 0.3) is 16.9 Å². The van der Waals surface area contributed by atoms with Gasteiger partial charge >= 0.3 is 11.9 Å². The predicted molar refractivity (Wildman–Crippen MR) is 142 cm³/mol. The Morgan fingerprint density at radius 2 is 1.44 bits per heavy atom. The van der Waals surface area contributed by atoms with Crippen LogP contribution in [0.3, 0.4) is 0 Å². The van der Waals surface area contributed by atoms with Crippen molar-refractivity contribution < 1.29 is 19.4 Å². The topological polar surface area (TPSA) is 68.5 Å². The number of aryl methyl sites for hydroxylation is 3. The second-order valence-electron chi connectivity index (χ2n) is 8.72. The van der Waals surface area contributed by atoms with E-state index in [0.717, 1.165) is 41.0 Å². The Morgan fingerprint density at radius 3 is 2.08 bits per heavy atom. The summed E-state index contributed by atoms with van der Waals surface area (Å²) in [6, 6.07) is 30.4.